The van der Waals surface area contributed by atoms with E-state index >= 15 is 0 Å². The molecule has 1 aromatic carbocycles. The van der Waals surface area contributed by atoms with E-state index in [0.717, 1.165) is 11.4 Å². The molecule has 0 atom stereocenters. The van der Waals surface area contributed by atoms with Crippen molar-refractivity contribution in [1.29, 1.82) is 0 Å². The second kappa shape index (κ2) is 5.96. The van der Waals surface area contributed by atoms with Gasteiger partial charge in [0.05, 0.1) is 26.0 Å². The van der Waals surface area contributed by atoms with Crippen LogP contribution in [0.5, 0.6) is 5.75 Å². The maximum Gasteiger partial charge on any atom is 0.343 e. The van der Waals surface area contributed by atoms with E-state index in [0.29, 0.717) is 33.0 Å². The molecule has 2 aliphatic rings. The van der Waals surface area contributed by atoms with E-state index in [4.69, 9.17) is 9.47 Å². The summed E-state index contributed by atoms with van der Waals surface area (Å²) in [5.74, 6) is 0.737. The average molecular weight is 291 g/mol. The first-order chi connectivity index (χ1) is 10.3. The minimum absolute atomic E-state index is 0.146. The topological polar surface area (TPSA) is 70.0 Å². The molecule has 1 fully saturated rings. The summed E-state index contributed by atoms with van der Waals surface area (Å²) >= 11 is 0. The second-order valence-corrected chi connectivity index (χ2v) is 4.70. The van der Waals surface area contributed by atoms with Gasteiger partial charge in [0.2, 0.25) is 0 Å². The van der Waals surface area contributed by atoms with Crippen LogP contribution in [0.4, 0.5) is 10.5 Å². The number of amides is 2. The number of rotatable bonds is 2. The number of methoxy groups -OCH3 is 1. The Morgan fingerprint density at radius 3 is 2.86 bits per heavy atom. The standard InChI is InChI=1S/C13H17N5O3/c1-20-12-4-2-3-11(9-12)17-10-18(15-14-17)13(19)16-5-7-21-8-6-16/h2-4,9H,5-8,10H2,1H3. The summed E-state index contributed by atoms with van der Waals surface area (Å²) in [5.41, 5.74) is 0.829. The van der Waals surface area contributed by atoms with Gasteiger partial charge in [-0.2, -0.15) is 5.01 Å². The predicted molar refractivity (Wildman–Crippen MR) is 74.8 cm³/mol. The minimum atomic E-state index is -0.146. The van der Waals surface area contributed by atoms with Gasteiger partial charge in [-0.15, -0.1) is 0 Å². The molecular weight excluding hydrogens is 274 g/mol. The average Bonchev–Trinajstić information content (AvgIpc) is 3.05. The summed E-state index contributed by atoms with van der Waals surface area (Å²) < 4.78 is 10.4. The van der Waals surface area contributed by atoms with E-state index in [1.807, 2.05) is 24.3 Å². The number of carbonyl (C=O) groups excluding carboxylic acids is 1. The summed E-state index contributed by atoms with van der Waals surface area (Å²) in [7, 11) is 1.61. The van der Waals surface area contributed by atoms with Gasteiger partial charge in [0, 0.05) is 19.2 Å². The van der Waals surface area contributed by atoms with E-state index < -0.39 is 0 Å². The van der Waals surface area contributed by atoms with Crippen molar-refractivity contribution in [2.24, 2.45) is 10.4 Å². The summed E-state index contributed by atoms with van der Waals surface area (Å²) in [6.45, 7) is 2.60. The second-order valence-electron chi connectivity index (χ2n) is 4.70. The lowest BCUT2D eigenvalue weighted by Gasteiger charge is -2.28. The fourth-order valence-electron chi connectivity index (χ4n) is 2.20. The van der Waals surface area contributed by atoms with Crippen molar-refractivity contribution in [2.45, 2.75) is 0 Å². The monoisotopic (exact) mass is 291 g/mol. The Morgan fingerprint density at radius 2 is 2.10 bits per heavy atom. The highest BCUT2D eigenvalue weighted by Gasteiger charge is 2.28. The van der Waals surface area contributed by atoms with Gasteiger partial charge in [-0.05, 0) is 22.6 Å². The van der Waals surface area contributed by atoms with Crippen LogP contribution in [0.3, 0.4) is 0 Å². The summed E-state index contributed by atoms with van der Waals surface area (Å²) in [6.07, 6.45) is 0. The van der Waals surface area contributed by atoms with E-state index in [1.165, 1.54) is 5.01 Å². The normalized spacial score (nSPS) is 18.2. The highest BCUT2D eigenvalue weighted by molar-refractivity contribution is 5.74. The van der Waals surface area contributed by atoms with Crippen LogP contribution in [0.15, 0.2) is 34.7 Å². The van der Waals surface area contributed by atoms with Gasteiger partial charge in [-0.25, -0.2) is 9.80 Å². The number of nitrogens with zero attached hydrogens (tertiary/aromatic N) is 5. The Bertz CT molecular complexity index is 544. The molecule has 1 saturated heterocycles. The Balaban J connectivity index is 1.65. The highest BCUT2D eigenvalue weighted by atomic mass is 16.5. The van der Waals surface area contributed by atoms with Crippen molar-refractivity contribution in [1.82, 2.24) is 9.91 Å². The SMILES string of the molecule is COc1cccc(N2CN(C(=O)N3CCOCC3)N=N2)c1. The quantitative estimate of drug-likeness (QED) is 0.828. The van der Waals surface area contributed by atoms with E-state index in [1.54, 1.807) is 17.0 Å². The van der Waals surface area contributed by atoms with Crippen molar-refractivity contribution in [3.05, 3.63) is 24.3 Å². The molecule has 0 radical (unpaired) electrons. The van der Waals surface area contributed by atoms with Crippen LogP contribution < -0.4 is 9.75 Å². The third-order valence-electron chi connectivity index (χ3n) is 3.38. The molecule has 0 aliphatic carbocycles. The van der Waals surface area contributed by atoms with Crippen LogP contribution in [0.1, 0.15) is 0 Å². The predicted octanol–water partition coefficient (Wildman–Crippen LogP) is 1.51. The van der Waals surface area contributed by atoms with Gasteiger partial charge >= 0.3 is 6.03 Å². The molecule has 0 spiro atoms. The van der Waals surface area contributed by atoms with Crippen molar-refractivity contribution in [3.8, 4) is 5.75 Å². The van der Waals surface area contributed by atoms with Gasteiger partial charge in [0.25, 0.3) is 0 Å². The van der Waals surface area contributed by atoms with Gasteiger partial charge in [0.15, 0.2) is 0 Å². The molecule has 8 nitrogen and oxygen atoms in total. The summed E-state index contributed by atoms with van der Waals surface area (Å²) in [5, 5.41) is 11.0. The zero-order valence-electron chi connectivity index (χ0n) is 11.8. The van der Waals surface area contributed by atoms with Crippen LogP contribution in [0.25, 0.3) is 0 Å². The number of carbonyl (C=O) groups is 1. The maximum atomic E-state index is 12.3. The highest BCUT2D eigenvalue weighted by Crippen LogP contribution is 2.24. The molecule has 112 valence electrons. The summed E-state index contributed by atoms with van der Waals surface area (Å²) in [6, 6.07) is 7.32. The zero-order chi connectivity index (χ0) is 14.7. The van der Waals surface area contributed by atoms with Crippen LogP contribution in [0.2, 0.25) is 0 Å². The molecule has 1 aromatic rings. The molecule has 3 rings (SSSR count). The molecule has 0 unspecified atom stereocenters. The fourth-order valence-corrected chi connectivity index (χ4v) is 2.20. The molecule has 0 bridgehead atoms. The molecule has 0 N–H and O–H groups in total. The summed E-state index contributed by atoms with van der Waals surface area (Å²) in [4.78, 5) is 14.0. The van der Waals surface area contributed by atoms with Crippen LogP contribution in [-0.2, 0) is 4.74 Å². The molecule has 2 heterocycles. The molecule has 21 heavy (non-hydrogen) atoms. The third-order valence-corrected chi connectivity index (χ3v) is 3.38. The molecule has 8 heteroatoms. The Morgan fingerprint density at radius 1 is 1.29 bits per heavy atom. The number of anilines is 1. The fraction of sp³-hybridized carbons (Fsp3) is 0.462. The Labute approximate surface area is 122 Å². The smallest absolute Gasteiger partial charge is 0.343 e. The Hall–Kier alpha value is -2.35. The minimum Gasteiger partial charge on any atom is -0.497 e. The van der Waals surface area contributed by atoms with E-state index in [2.05, 4.69) is 10.4 Å². The van der Waals surface area contributed by atoms with Crippen molar-refractivity contribution in [3.63, 3.8) is 0 Å². The lowest BCUT2D eigenvalue weighted by atomic mass is 10.3. The number of hydrogen-bond acceptors (Lipinski definition) is 6. The number of benzene rings is 1. The maximum absolute atomic E-state index is 12.3. The van der Waals surface area contributed by atoms with Gasteiger partial charge < -0.3 is 14.4 Å². The van der Waals surface area contributed by atoms with Crippen molar-refractivity contribution in [2.75, 3.05) is 45.1 Å². The van der Waals surface area contributed by atoms with Gasteiger partial charge in [0.1, 0.15) is 12.4 Å². The molecule has 0 saturated carbocycles. The number of morpholine rings is 1. The Kier molecular flexibility index (Phi) is 3.87. The first kappa shape index (κ1) is 13.6. The van der Waals surface area contributed by atoms with Crippen molar-refractivity contribution < 1.29 is 14.3 Å². The molecular formula is C13H17N5O3. The van der Waals surface area contributed by atoms with E-state index in [9.17, 15) is 4.79 Å². The zero-order valence-corrected chi connectivity index (χ0v) is 11.8. The first-order valence-corrected chi connectivity index (χ1v) is 6.75. The number of urea groups is 1. The lowest BCUT2D eigenvalue weighted by molar-refractivity contribution is 0.0443. The number of hydrogen-bond donors (Lipinski definition) is 0. The molecule has 2 aliphatic heterocycles. The van der Waals surface area contributed by atoms with Crippen molar-refractivity contribution >= 4 is 11.7 Å². The van der Waals surface area contributed by atoms with Crippen LogP contribution in [0, 0.1) is 0 Å². The van der Waals surface area contributed by atoms with Crippen LogP contribution >= 0.6 is 0 Å². The van der Waals surface area contributed by atoms with Gasteiger partial charge in [-0.3, -0.25) is 0 Å². The van der Waals surface area contributed by atoms with Gasteiger partial charge in [-0.1, -0.05) is 6.07 Å². The largest absolute Gasteiger partial charge is 0.497 e. The first-order valence-electron chi connectivity index (χ1n) is 6.75. The number of ether oxygens (including phenoxy) is 2. The van der Waals surface area contributed by atoms with E-state index in [-0.39, 0.29) is 6.03 Å². The van der Waals surface area contributed by atoms with Crippen LogP contribution in [-0.4, -0.2) is 56.0 Å². The third kappa shape index (κ3) is 2.89. The molecule has 0 aromatic heterocycles. The lowest BCUT2D eigenvalue weighted by Crippen LogP contribution is -2.47. The molecule has 2 amide bonds.